The third kappa shape index (κ3) is 3.67. The minimum Gasteiger partial charge on any atom is -0.334 e. The summed E-state index contributed by atoms with van der Waals surface area (Å²) in [6.45, 7) is 5.52. The van der Waals surface area contributed by atoms with E-state index >= 15 is 0 Å². The highest BCUT2D eigenvalue weighted by molar-refractivity contribution is 5.55. The Morgan fingerprint density at radius 1 is 1.26 bits per heavy atom. The van der Waals surface area contributed by atoms with Gasteiger partial charge < -0.3 is 9.88 Å². The first-order chi connectivity index (χ1) is 9.20. The number of aromatic nitrogens is 2. The van der Waals surface area contributed by atoms with Crippen LogP contribution in [0.1, 0.15) is 25.8 Å². The van der Waals surface area contributed by atoms with E-state index in [1.165, 1.54) is 17.5 Å². The lowest BCUT2D eigenvalue weighted by Gasteiger charge is -2.13. The van der Waals surface area contributed by atoms with Gasteiger partial charge in [0.1, 0.15) is 5.82 Å². The van der Waals surface area contributed by atoms with Gasteiger partial charge in [0.05, 0.1) is 0 Å². The zero-order chi connectivity index (χ0) is 13.7. The van der Waals surface area contributed by atoms with Crippen molar-refractivity contribution in [2.75, 3.05) is 6.54 Å². The molecule has 1 N–H and O–H groups in total. The first-order valence-electron chi connectivity index (χ1n) is 7.00. The molecule has 102 valence electrons. The van der Waals surface area contributed by atoms with Crippen LogP contribution in [-0.4, -0.2) is 22.1 Å². The van der Waals surface area contributed by atoms with E-state index in [-0.39, 0.29) is 0 Å². The molecule has 0 aliphatic carbocycles. The van der Waals surface area contributed by atoms with Crippen LogP contribution in [0.3, 0.4) is 0 Å². The number of benzene rings is 1. The van der Waals surface area contributed by atoms with Gasteiger partial charge in [0, 0.05) is 31.0 Å². The summed E-state index contributed by atoms with van der Waals surface area (Å²) in [5.74, 6) is 1.02. The Kier molecular flexibility index (Phi) is 4.74. The van der Waals surface area contributed by atoms with E-state index in [1.807, 2.05) is 24.0 Å². The lowest BCUT2D eigenvalue weighted by Crippen LogP contribution is -2.28. The summed E-state index contributed by atoms with van der Waals surface area (Å²) >= 11 is 0. The fraction of sp³-hybridized carbons (Fsp3) is 0.438. The Hall–Kier alpha value is -1.61. The normalized spacial score (nSPS) is 12.6. The number of aryl methyl sites for hydroxylation is 1. The van der Waals surface area contributed by atoms with Crippen LogP contribution in [-0.2, 0) is 13.5 Å². The van der Waals surface area contributed by atoms with Crippen LogP contribution in [0.2, 0.25) is 0 Å². The van der Waals surface area contributed by atoms with Crippen molar-refractivity contribution in [1.29, 1.82) is 0 Å². The van der Waals surface area contributed by atoms with Crippen molar-refractivity contribution in [3.05, 3.63) is 42.2 Å². The lowest BCUT2D eigenvalue weighted by atomic mass is 10.0. The van der Waals surface area contributed by atoms with E-state index in [2.05, 4.69) is 48.4 Å². The maximum absolute atomic E-state index is 4.37. The Balaban J connectivity index is 2.01. The molecule has 0 amide bonds. The maximum Gasteiger partial charge on any atom is 0.139 e. The molecule has 0 saturated carbocycles. The fourth-order valence-corrected chi connectivity index (χ4v) is 2.25. The van der Waals surface area contributed by atoms with Gasteiger partial charge >= 0.3 is 0 Å². The third-order valence-electron chi connectivity index (χ3n) is 3.32. The molecule has 0 aliphatic heterocycles. The zero-order valence-electron chi connectivity index (χ0n) is 12.1. The summed E-state index contributed by atoms with van der Waals surface area (Å²) in [6.07, 6.45) is 6.06. The molecule has 1 unspecified atom stereocenters. The van der Waals surface area contributed by atoms with Crippen LogP contribution in [0.25, 0.3) is 11.4 Å². The molecule has 3 nitrogen and oxygen atoms in total. The molecule has 0 spiro atoms. The van der Waals surface area contributed by atoms with Crippen molar-refractivity contribution < 1.29 is 0 Å². The zero-order valence-corrected chi connectivity index (χ0v) is 12.1. The Labute approximate surface area is 115 Å². The fourth-order valence-electron chi connectivity index (χ4n) is 2.25. The van der Waals surface area contributed by atoms with Crippen molar-refractivity contribution in [2.24, 2.45) is 7.05 Å². The van der Waals surface area contributed by atoms with Crippen LogP contribution in [0, 0.1) is 0 Å². The van der Waals surface area contributed by atoms with Crippen molar-refractivity contribution in [2.45, 2.75) is 32.7 Å². The molecule has 19 heavy (non-hydrogen) atoms. The van der Waals surface area contributed by atoms with Gasteiger partial charge in [-0.1, -0.05) is 31.2 Å². The molecule has 0 radical (unpaired) electrons. The highest BCUT2D eigenvalue weighted by Crippen LogP contribution is 2.17. The largest absolute Gasteiger partial charge is 0.334 e. The average Bonchev–Trinajstić information content (AvgIpc) is 2.83. The lowest BCUT2D eigenvalue weighted by molar-refractivity contribution is 0.543. The standard InChI is InChI=1S/C16H23N3/c1-4-9-17-13(2)12-14-5-7-15(8-6-14)16-18-10-11-19(16)3/h5-8,10-11,13,17H,4,9,12H2,1-3H3. The SMILES string of the molecule is CCCNC(C)Cc1ccc(-c2nccn2C)cc1. The van der Waals surface area contributed by atoms with E-state index in [0.717, 1.165) is 18.8 Å². The van der Waals surface area contributed by atoms with Gasteiger partial charge in [-0.2, -0.15) is 0 Å². The van der Waals surface area contributed by atoms with Crippen LogP contribution in [0.15, 0.2) is 36.7 Å². The van der Waals surface area contributed by atoms with Crippen molar-refractivity contribution in [3.8, 4) is 11.4 Å². The molecule has 3 heteroatoms. The predicted octanol–water partition coefficient (Wildman–Crippen LogP) is 3.02. The van der Waals surface area contributed by atoms with E-state index < -0.39 is 0 Å². The molecule has 1 atom stereocenters. The van der Waals surface area contributed by atoms with E-state index in [4.69, 9.17) is 0 Å². The Morgan fingerprint density at radius 3 is 2.58 bits per heavy atom. The summed E-state index contributed by atoms with van der Waals surface area (Å²) in [6, 6.07) is 9.25. The Bertz CT molecular complexity index is 499. The van der Waals surface area contributed by atoms with Crippen LogP contribution < -0.4 is 5.32 Å². The summed E-state index contributed by atoms with van der Waals surface area (Å²) in [5, 5.41) is 3.52. The highest BCUT2D eigenvalue weighted by atomic mass is 15.0. The van der Waals surface area contributed by atoms with E-state index in [9.17, 15) is 0 Å². The number of hydrogen-bond donors (Lipinski definition) is 1. The second-order valence-electron chi connectivity index (χ2n) is 5.12. The third-order valence-corrected chi connectivity index (χ3v) is 3.32. The van der Waals surface area contributed by atoms with E-state index in [0.29, 0.717) is 6.04 Å². The number of rotatable bonds is 6. The molecule has 0 saturated heterocycles. The molecule has 1 aromatic heterocycles. The first-order valence-corrected chi connectivity index (χ1v) is 7.00. The van der Waals surface area contributed by atoms with Crippen molar-refractivity contribution in [3.63, 3.8) is 0 Å². The molecular weight excluding hydrogens is 234 g/mol. The smallest absolute Gasteiger partial charge is 0.139 e. The van der Waals surface area contributed by atoms with Gasteiger partial charge in [-0.3, -0.25) is 0 Å². The van der Waals surface area contributed by atoms with Crippen LogP contribution >= 0.6 is 0 Å². The molecule has 2 rings (SSSR count). The summed E-state index contributed by atoms with van der Waals surface area (Å²) in [4.78, 5) is 4.37. The number of nitrogens with zero attached hydrogens (tertiary/aromatic N) is 2. The minimum absolute atomic E-state index is 0.527. The van der Waals surface area contributed by atoms with Crippen molar-refractivity contribution in [1.82, 2.24) is 14.9 Å². The summed E-state index contributed by atoms with van der Waals surface area (Å²) < 4.78 is 2.04. The van der Waals surface area contributed by atoms with Gasteiger partial charge in [-0.15, -0.1) is 0 Å². The van der Waals surface area contributed by atoms with Crippen LogP contribution in [0.4, 0.5) is 0 Å². The highest BCUT2D eigenvalue weighted by Gasteiger charge is 2.05. The molecule has 1 aromatic carbocycles. The topological polar surface area (TPSA) is 29.9 Å². The quantitative estimate of drug-likeness (QED) is 0.862. The molecule has 0 fully saturated rings. The predicted molar refractivity (Wildman–Crippen MR) is 80.1 cm³/mol. The van der Waals surface area contributed by atoms with Gasteiger partial charge in [-0.25, -0.2) is 4.98 Å². The monoisotopic (exact) mass is 257 g/mol. The number of hydrogen-bond acceptors (Lipinski definition) is 2. The first kappa shape index (κ1) is 13.8. The minimum atomic E-state index is 0.527. The maximum atomic E-state index is 4.37. The van der Waals surface area contributed by atoms with Gasteiger partial charge in [0.2, 0.25) is 0 Å². The van der Waals surface area contributed by atoms with Gasteiger partial charge in [0.15, 0.2) is 0 Å². The molecule has 2 aromatic rings. The molecule has 0 aliphatic rings. The van der Waals surface area contributed by atoms with Crippen molar-refractivity contribution >= 4 is 0 Å². The molecule has 1 heterocycles. The van der Waals surface area contributed by atoms with Gasteiger partial charge in [-0.05, 0) is 31.9 Å². The summed E-state index contributed by atoms with van der Waals surface area (Å²) in [7, 11) is 2.02. The molecule has 0 bridgehead atoms. The van der Waals surface area contributed by atoms with Gasteiger partial charge in [0.25, 0.3) is 0 Å². The molecular formula is C16H23N3. The summed E-state index contributed by atoms with van der Waals surface area (Å²) in [5.41, 5.74) is 2.54. The second kappa shape index (κ2) is 6.53. The van der Waals surface area contributed by atoms with Crippen LogP contribution in [0.5, 0.6) is 0 Å². The van der Waals surface area contributed by atoms with E-state index in [1.54, 1.807) is 0 Å². The average molecular weight is 257 g/mol. The second-order valence-corrected chi connectivity index (χ2v) is 5.12. The Morgan fingerprint density at radius 2 is 2.00 bits per heavy atom. The number of imidazole rings is 1. The number of nitrogens with one attached hydrogen (secondary N) is 1.